The second-order valence-corrected chi connectivity index (χ2v) is 9.35. The lowest BCUT2D eigenvalue weighted by atomic mass is 9.68. The third-order valence-corrected chi connectivity index (χ3v) is 6.34. The molecular weight excluding hydrogens is 298 g/mol. The summed E-state index contributed by atoms with van der Waals surface area (Å²) in [5, 5.41) is 3.73. The van der Waals surface area contributed by atoms with Crippen LogP contribution in [0.4, 0.5) is 0 Å². The summed E-state index contributed by atoms with van der Waals surface area (Å²) in [4.78, 5) is 1.42. The van der Waals surface area contributed by atoms with Gasteiger partial charge in [0.2, 0.25) is 0 Å². The van der Waals surface area contributed by atoms with E-state index in [2.05, 4.69) is 39.1 Å². The van der Waals surface area contributed by atoms with Crippen molar-refractivity contribution in [1.29, 1.82) is 0 Å². The van der Waals surface area contributed by atoms with Gasteiger partial charge in [-0.1, -0.05) is 39.3 Å². The van der Waals surface area contributed by atoms with E-state index in [0.717, 1.165) is 29.1 Å². The number of thiophene rings is 1. The van der Waals surface area contributed by atoms with Gasteiger partial charge in [0.15, 0.2) is 0 Å². The number of rotatable bonds is 5. The van der Waals surface area contributed by atoms with E-state index < -0.39 is 0 Å². The van der Waals surface area contributed by atoms with Gasteiger partial charge in [-0.3, -0.25) is 0 Å². The SMILES string of the molecule is CCNC(Cc1ccc(Cl)s1)C1CCC(C(C)(C)C)CC1. The lowest BCUT2D eigenvalue weighted by molar-refractivity contribution is 0.133. The fourth-order valence-corrected chi connectivity index (χ4v) is 4.88. The zero-order chi connectivity index (χ0) is 15.5. The van der Waals surface area contributed by atoms with Crippen LogP contribution in [0, 0.1) is 17.3 Å². The first kappa shape index (κ1) is 17.3. The summed E-state index contributed by atoms with van der Waals surface area (Å²) in [6, 6.07) is 4.84. The van der Waals surface area contributed by atoms with Crippen molar-refractivity contribution < 1.29 is 0 Å². The van der Waals surface area contributed by atoms with Crippen molar-refractivity contribution in [2.24, 2.45) is 17.3 Å². The maximum absolute atomic E-state index is 6.07. The molecule has 1 nitrogen and oxygen atoms in total. The summed E-state index contributed by atoms with van der Waals surface area (Å²) >= 11 is 7.81. The fraction of sp³-hybridized carbons (Fsp3) is 0.778. The highest BCUT2D eigenvalue weighted by atomic mass is 35.5. The normalized spacial score (nSPS) is 25.0. The van der Waals surface area contributed by atoms with Crippen LogP contribution in [0.1, 0.15) is 58.3 Å². The molecule has 1 aliphatic rings. The average molecular weight is 328 g/mol. The molecule has 3 heteroatoms. The largest absolute Gasteiger partial charge is 0.314 e. The molecule has 120 valence electrons. The summed E-state index contributed by atoms with van der Waals surface area (Å²) in [5.41, 5.74) is 0.472. The van der Waals surface area contributed by atoms with Gasteiger partial charge in [-0.05, 0) is 68.0 Å². The van der Waals surface area contributed by atoms with Gasteiger partial charge in [-0.2, -0.15) is 0 Å². The van der Waals surface area contributed by atoms with Crippen molar-refractivity contribution in [2.45, 2.75) is 65.8 Å². The van der Waals surface area contributed by atoms with Crippen LogP contribution < -0.4 is 5.32 Å². The van der Waals surface area contributed by atoms with Gasteiger partial charge in [-0.25, -0.2) is 0 Å². The minimum atomic E-state index is 0.472. The molecule has 1 aromatic heterocycles. The van der Waals surface area contributed by atoms with Crippen molar-refractivity contribution in [2.75, 3.05) is 6.54 Å². The summed E-state index contributed by atoms with van der Waals surface area (Å²) in [6.07, 6.45) is 6.66. The van der Waals surface area contributed by atoms with Crippen LogP contribution in [0.2, 0.25) is 4.34 Å². The first-order chi connectivity index (χ1) is 9.90. The topological polar surface area (TPSA) is 12.0 Å². The molecule has 21 heavy (non-hydrogen) atoms. The molecule has 0 aromatic carbocycles. The molecule has 1 N–H and O–H groups in total. The molecular formula is C18H30ClNS. The van der Waals surface area contributed by atoms with Gasteiger partial charge in [0, 0.05) is 10.9 Å². The van der Waals surface area contributed by atoms with Gasteiger partial charge in [-0.15, -0.1) is 11.3 Å². The first-order valence-electron chi connectivity index (χ1n) is 8.37. The summed E-state index contributed by atoms with van der Waals surface area (Å²) < 4.78 is 0.914. The van der Waals surface area contributed by atoms with Crippen LogP contribution in [0.3, 0.4) is 0 Å². The minimum absolute atomic E-state index is 0.472. The van der Waals surface area contributed by atoms with Gasteiger partial charge >= 0.3 is 0 Å². The number of nitrogens with one attached hydrogen (secondary N) is 1. The maximum Gasteiger partial charge on any atom is 0.0931 e. The molecule has 1 fully saturated rings. The number of hydrogen-bond donors (Lipinski definition) is 1. The number of likely N-dealkylation sites (N-methyl/N-ethyl adjacent to an activating group) is 1. The third-order valence-electron chi connectivity index (χ3n) is 5.08. The van der Waals surface area contributed by atoms with E-state index >= 15 is 0 Å². The fourth-order valence-electron chi connectivity index (χ4n) is 3.73. The minimum Gasteiger partial charge on any atom is -0.314 e. The molecule has 0 saturated heterocycles. The molecule has 0 radical (unpaired) electrons. The lowest BCUT2D eigenvalue weighted by Gasteiger charge is -2.39. The molecule has 0 amide bonds. The molecule has 2 rings (SSSR count). The van der Waals surface area contributed by atoms with Crippen LogP contribution in [0.15, 0.2) is 12.1 Å². The molecule has 0 aliphatic heterocycles. The highest BCUT2D eigenvalue weighted by Gasteiger charge is 2.32. The van der Waals surface area contributed by atoms with Crippen molar-refractivity contribution in [3.8, 4) is 0 Å². The predicted octanol–water partition coefficient (Wildman–Crippen LogP) is 5.77. The molecule has 1 atom stereocenters. The number of halogens is 1. The van der Waals surface area contributed by atoms with E-state index in [1.165, 1.54) is 30.6 Å². The second kappa shape index (κ2) is 7.48. The van der Waals surface area contributed by atoms with Crippen LogP contribution in [-0.4, -0.2) is 12.6 Å². The Morgan fingerprint density at radius 1 is 1.24 bits per heavy atom. The maximum atomic E-state index is 6.07. The first-order valence-corrected chi connectivity index (χ1v) is 9.57. The Balaban J connectivity index is 1.93. The van der Waals surface area contributed by atoms with E-state index in [1.807, 2.05) is 6.07 Å². The van der Waals surface area contributed by atoms with Crippen molar-refractivity contribution >= 4 is 22.9 Å². The Labute approximate surface area is 139 Å². The van der Waals surface area contributed by atoms with Crippen molar-refractivity contribution in [3.05, 3.63) is 21.3 Å². The summed E-state index contributed by atoms with van der Waals surface area (Å²) in [6.45, 7) is 10.5. The summed E-state index contributed by atoms with van der Waals surface area (Å²) in [5.74, 6) is 1.72. The van der Waals surface area contributed by atoms with Gasteiger partial charge in [0.1, 0.15) is 0 Å². The molecule has 1 aliphatic carbocycles. The van der Waals surface area contributed by atoms with Gasteiger partial charge in [0.05, 0.1) is 4.34 Å². The third kappa shape index (κ3) is 4.97. The lowest BCUT2D eigenvalue weighted by Crippen LogP contribution is -2.40. The molecule has 1 heterocycles. The van der Waals surface area contributed by atoms with E-state index in [9.17, 15) is 0 Å². The predicted molar refractivity (Wildman–Crippen MR) is 95.4 cm³/mol. The Hall–Kier alpha value is -0.0500. The van der Waals surface area contributed by atoms with E-state index in [-0.39, 0.29) is 0 Å². The van der Waals surface area contributed by atoms with Gasteiger partial charge < -0.3 is 5.32 Å². The van der Waals surface area contributed by atoms with Crippen molar-refractivity contribution in [1.82, 2.24) is 5.32 Å². The molecule has 1 aromatic rings. The second-order valence-electron chi connectivity index (χ2n) is 7.55. The summed E-state index contributed by atoms with van der Waals surface area (Å²) in [7, 11) is 0. The molecule has 1 unspecified atom stereocenters. The van der Waals surface area contributed by atoms with E-state index in [1.54, 1.807) is 11.3 Å². The molecule has 0 spiro atoms. The van der Waals surface area contributed by atoms with Crippen LogP contribution in [0.25, 0.3) is 0 Å². The quantitative estimate of drug-likeness (QED) is 0.723. The zero-order valence-electron chi connectivity index (χ0n) is 13.9. The highest BCUT2D eigenvalue weighted by molar-refractivity contribution is 7.16. The Morgan fingerprint density at radius 3 is 2.38 bits per heavy atom. The zero-order valence-corrected chi connectivity index (χ0v) is 15.5. The van der Waals surface area contributed by atoms with Crippen LogP contribution in [-0.2, 0) is 6.42 Å². The van der Waals surface area contributed by atoms with Crippen LogP contribution >= 0.6 is 22.9 Å². The standard InChI is InChI=1S/C18H30ClNS/c1-5-20-16(12-15-10-11-17(19)21-15)13-6-8-14(9-7-13)18(2,3)4/h10-11,13-14,16,20H,5-9,12H2,1-4H3. The Morgan fingerprint density at radius 2 is 1.90 bits per heavy atom. The van der Waals surface area contributed by atoms with Crippen LogP contribution in [0.5, 0.6) is 0 Å². The van der Waals surface area contributed by atoms with E-state index in [4.69, 9.17) is 11.6 Å². The van der Waals surface area contributed by atoms with Crippen molar-refractivity contribution in [3.63, 3.8) is 0 Å². The van der Waals surface area contributed by atoms with Gasteiger partial charge in [0.25, 0.3) is 0 Å². The average Bonchev–Trinajstić information content (AvgIpc) is 2.83. The molecule has 1 saturated carbocycles. The monoisotopic (exact) mass is 327 g/mol. The molecule has 0 bridgehead atoms. The highest BCUT2D eigenvalue weighted by Crippen LogP contribution is 2.41. The smallest absolute Gasteiger partial charge is 0.0931 e. The Kier molecular flexibility index (Phi) is 6.16. The van der Waals surface area contributed by atoms with E-state index in [0.29, 0.717) is 11.5 Å². The Bertz CT molecular complexity index is 427. The number of hydrogen-bond acceptors (Lipinski definition) is 2.